The van der Waals surface area contributed by atoms with Gasteiger partial charge in [-0.3, -0.25) is 4.79 Å². The van der Waals surface area contributed by atoms with Crippen molar-refractivity contribution in [2.24, 2.45) is 0 Å². The smallest absolute Gasteiger partial charge is 0.338 e. The Bertz CT molecular complexity index is 967. The number of ether oxygens (including phenoxy) is 1. The third kappa shape index (κ3) is 4.86. The molecule has 0 aliphatic carbocycles. The molecule has 0 heterocycles. The van der Waals surface area contributed by atoms with Crippen molar-refractivity contribution in [3.8, 4) is 0 Å². The van der Waals surface area contributed by atoms with Gasteiger partial charge in [0.15, 0.2) is 5.60 Å². The van der Waals surface area contributed by atoms with Crippen LogP contribution in [-0.2, 0) is 15.1 Å². The molecule has 0 saturated heterocycles. The highest BCUT2D eigenvalue weighted by Crippen LogP contribution is 2.33. The van der Waals surface area contributed by atoms with E-state index in [1.54, 1.807) is 79.7 Å². The molecule has 0 bridgehead atoms. The molecule has 0 aliphatic heterocycles. The van der Waals surface area contributed by atoms with E-state index < -0.39 is 17.5 Å². The predicted octanol–water partition coefficient (Wildman–Crippen LogP) is 4.53. The highest BCUT2D eigenvalue weighted by Gasteiger charge is 2.43. The summed E-state index contributed by atoms with van der Waals surface area (Å²) in [6.07, 6.45) is 0. The van der Waals surface area contributed by atoms with E-state index in [4.69, 9.17) is 4.74 Å². The Labute approximate surface area is 190 Å². The average Bonchev–Trinajstić information content (AvgIpc) is 2.83. The minimum absolute atomic E-state index is 0.288. The van der Waals surface area contributed by atoms with E-state index in [1.165, 1.54) is 4.90 Å². The second-order valence-electron chi connectivity index (χ2n) is 6.86. The van der Waals surface area contributed by atoms with Gasteiger partial charge in [0.2, 0.25) is 0 Å². The number of hydrogen-bond donors (Lipinski definition) is 1. The Morgan fingerprint density at radius 2 is 1.42 bits per heavy atom. The summed E-state index contributed by atoms with van der Waals surface area (Å²) in [7, 11) is 0. The lowest BCUT2D eigenvalue weighted by Gasteiger charge is -2.34. The maximum atomic E-state index is 13.8. The van der Waals surface area contributed by atoms with Crippen molar-refractivity contribution in [3.63, 3.8) is 0 Å². The number of halogens is 1. The maximum Gasteiger partial charge on any atom is 0.338 e. The van der Waals surface area contributed by atoms with Crippen LogP contribution in [0.4, 0.5) is 5.69 Å². The summed E-state index contributed by atoms with van der Waals surface area (Å²) in [4.78, 5) is 27.3. The fourth-order valence-electron chi connectivity index (χ4n) is 3.39. The first-order chi connectivity index (χ1) is 15.0. The van der Waals surface area contributed by atoms with Crippen LogP contribution in [0.5, 0.6) is 0 Å². The number of rotatable bonds is 8. The first kappa shape index (κ1) is 22.7. The van der Waals surface area contributed by atoms with Crippen molar-refractivity contribution < 1.29 is 19.4 Å². The van der Waals surface area contributed by atoms with Crippen molar-refractivity contribution in [2.75, 3.05) is 23.4 Å². The minimum Gasteiger partial charge on any atom is -0.462 e. The van der Waals surface area contributed by atoms with Gasteiger partial charge in [0.25, 0.3) is 5.91 Å². The number of benzene rings is 3. The van der Waals surface area contributed by atoms with Crippen LogP contribution in [0, 0.1) is 0 Å². The Morgan fingerprint density at radius 1 is 0.903 bits per heavy atom. The quantitative estimate of drug-likeness (QED) is 0.379. The molecule has 6 heteroatoms. The summed E-state index contributed by atoms with van der Waals surface area (Å²) in [5, 5.41) is 12.3. The van der Waals surface area contributed by atoms with E-state index in [-0.39, 0.29) is 6.61 Å². The zero-order valence-corrected chi connectivity index (χ0v) is 18.8. The zero-order valence-electron chi connectivity index (χ0n) is 17.2. The number of hydrogen-bond acceptors (Lipinski definition) is 4. The molecular weight excluding hydrogens is 458 g/mol. The zero-order chi connectivity index (χ0) is 22.3. The van der Waals surface area contributed by atoms with Gasteiger partial charge in [-0.1, -0.05) is 76.6 Å². The molecule has 5 nitrogen and oxygen atoms in total. The second kappa shape index (κ2) is 10.4. The number of anilines is 1. The van der Waals surface area contributed by atoms with Gasteiger partial charge >= 0.3 is 5.97 Å². The third-order valence-corrected chi connectivity index (χ3v) is 5.29. The molecule has 1 N–H and O–H groups in total. The molecule has 160 valence electrons. The maximum absolute atomic E-state index is 13.8. The fourth-order valence-corrected chi connectivity index (χ4v) is 3.75. The molecule has 3 aromatic carbocycles. The van der Waals surface area contributed by atoms with E-state index in [0.717, 1.165) is 0 Å². The topological polar surface area (TPSA) is 66.8 Å². The van der Waals surface area contributed by atoms with Gasteiger partial charge in [0.05, 0.1) is 12.2 Å². The number of esters is 1. The summed E-state index contributed by atoms with van der Waals surface area (Å²) >= 11 is 3.40. The molecule has 31 heavy (non-hydrogen) atoms. The number of nitrogens with zero attached hydrogens (tertiary/aromatic N) is 1. The van der Waals surface area contributed by atoms with Gasteiger partial charge in [-0.05, 0) is 42.3 Å². The number of alkyl halides is 1. The molecule has 0 unspecified atom stereocenters. The molecule has 0 fully saturated rings. The van der Waals surface area contributed by atoms with Crippen LogP contribution in [0.3, 0.4) is 0 Å². The van der Waals surface area contributed by atoms with Crippen LogP contribution in [0.2, 0.25) is 0 Å². The summed E-state index contributed by atoms with van der Waals surface area (Å²) in [6, 6.07) is 24.4. The molecule has 0 spiro atoms. The summed E-state index contributed by atoms with van der Waals surface area (Å²) in [5.41, 5.74) is 0.0636. The summed E-state index contributed by atoms with van der Waals surface area (Å²) < 4.78 is 5.03. The van der Waals surface area contributed by atoms with E-state index >= 15 is 0 Å². The predicted molar refractivity (Wildman–Crippen MR) is 124 cm³/mol. The van der Waals surface area contributed by atoms with Crippen LogP contribution in [0.1, 0.15) is 28.4 Å². The van der Waals surface area contributed by atoms with Crippen molar-refractivity contribution in [1.29, 1.82) is 0 Å². The van der Waals surface area contributed by atoms with Gasteiger partial charge < -0.3 is 14.7 Å². The van der Waals surface area contributed by atoms with E-state index in [2.05, 4.69) is 15.9 Å². The molecule has 0 aromatic heterocycles. The molecule has 0 atom stereocenters. The largest absolute Gasteiger partial charge is 0.462 e. The second-order valence-corrected chi connectivity index (χ2v) is 7.65. The number of carbonyl (C=O) groups is 2. The molecule has 0 saturated carbocycles. The lowest BCUT2D eigenvalue weighted by atomic mass is 9.85. The summed E-state index contributed by atoms with van der Waals surface area (Å²) in [5.74, 6) is -0.897. The van der Waals surface area contributed by atoms with Gasteiger partial charge in [-0.15, -0.1) is 0 Å². The minimum atomic E-state index is -1.87. The van der Waals surface area contributed by atoms with E-state index in [1.807, 2.05) is 12.1 Å². The van der Waals surface area contributed by atoms with Crippen LogP contribution in [-0.4, -0.2) is 35.5 Å². The van der Waals surface area contributed by atoms with Crippen LogP contribution in [0.15, 0.2) is 84.9 Å². The van der Waals surface area contributed by atoms with E-state index in [9.17, 15) is 14.7 Å². The number of carbonyl (C=O) groups excluding carboxylic acids is 2. The fraction of sp³-hybridized carbons (Fsp3) is 0.200. The van der Waals surface area contributed by atoms with Crippen molar-refractivity contribution in [1.82, 2.24) is 0 Å². The average molecular weight is 482 g/mol. The Balaban J connectivity index is 2.04. The van der Waals surface area contributed by atoms with Gasteiger partial charge in [0, 0.05) is 17.6 Å². The standard InChI is InChI=1S/C25H24BrNO4/c1-2-31-23(28)19-13-15-22(16-14-19)27(18-17-26)24(29)25(30,20-9-5-3-6-10-20)21-11-7-4-8-12-21/h3-16,30H,2,17-18H2,1H3. The van der Waals surface area contributed by atoms with Crippen LogP contribution < -0.4 is 4.90 Å². The molecule has 3 rings (SSSR count). The number of aliphatic hydroxyl groups is 1. The van der Waals surface area contributed by atoms with Crippen LogP contribution in [0.25, 0.3) is 0 Å². The number of amides is 1. The molecule has 3 aromatic rings. The Morgan fingerprint density at radius 3 is 1.87 bits per heavy atom. The highest BCUT2D eigenvalue weighted by molar-refractivity contribution is 9.09. The monoisotopic (exact) mass is 481 g/mol. The van der Waals surface area contributed by atoms with Gasteiger partial charge in [-0.2, -0.15) is 0 Å². The molecule has 0 radical (unpaired) electrons. The van der Waals surface area contributed by atoms with Gasteiger partial charge in [0.1, 0.15) is 0 Å². The molecular formula is C25H24BrNO4. The normalized spacial score (nSPS) is 11.1. The van der Waals surface area contributed by atoms with Crippen LogP contribution >= 0.6 is 15.9 Å². The lowest BCUT2D eigenvalue weighted by molar-refractivity contribution is -0.133. The Hall–Kier alpha value is -2.96. The van der Waals surface area contributed by atoms with Crippen molar-refractivity contribution in [2.45, 2.75) is 12.5 Å². The molecule has 1 amide bonds. The third-order valence-electron chi connectivity index (χ3n) is 4.94. The molecule has 0 aliphatic rings. The summed E-state index contributed by atoms with van der Waals surface area (Å²) in [6.45, 7) is 2.37. The van der Waals surface area contributed by atoms with Crippen molar-refractivity contribution >= 4 is 33.5 Å². The first-order valence-electron chi connectivity index (χ1n) is 10.0. The van der Waals surface area contributed by atoms with E-state index in [0.29, 0.717) is 34.3 Å². The highest BCUT2D eigenvalue weighted by atomic mass is 79.9. The lowest BCUT2D eigenvalue weighted by Crippen LogP contribution is -2.48. The van der Waals surface area contributed by atoms with Crippen molar-refractivity contribution in [3.05, 3.63) is 102 Å². The Kier molecular flexibility index (Phi) is 7.60. The first-order valence-corrected chi connectivity index (χ1v) is 11.1. The van der Waals surface area contributed by atoms with Gasteiger partial charge in [-0.25, -0.2) is 4.79 Å². The SMILES string of the molecule is CCOC(=O)c1ccc(N(CCBr)C(=O)C(O)(c2ccccc2)c2ccccc2)cc1.